The van der Waals surface area contributed by atoms with Crippen LogP contribution >= 0.6 is 0 Å². The van der Waals surface area contributed by atoms with E-state index < -0.39 is 8.97 Å². The van der Waals surface area contributed by atoms with Gasteiger partial charge in [-0.05, 0) is 0 Å². The molecule has 0 aliphatic carbocycles. The minimum Gasteiger partial charge on any atom is -0.321 e. The second-order valence-electron chi connectivity index (χ2n) is 3.05. The smallest absolute Gasteiger partial charge is 0.321 e. The van der Waals surface area contributed by atoms with Crippen LogP contribution in [-0.2, 0) is 19.7 Å². The molecule has 1 aromatic rings. The third kappa shape index (κ3) is 2.26. The summed E-state index contributed by atoms with van der Waals surface area (Å²) < 4.78 is 18.2. The van der Waals surface area contributed by atoms with Crippen LogP contribution in [0.1, 0.15) is 12.6 Å². The lowest BCUT2D eigenvalue weighted by molar-refractivity contribution is -0.601. The number of aryl methyl sites for hydroxylation is 1. The van der Waals surface area contributed by atoms with Gasteiger partial charge >= 0.3 is 8.97 Å². The lowest BCUT2D eigenvalue weighted by Crippen LogP contribution is -2.70. The highest BCUT2D eigenvalue weighted by atomic mass is 28.4. The molecule has 0 bridgehead atoms. The maximum Gasteiger partial charge on any atom is 0.871 e. The van der Waals surface area contributed by atoms with Crippen molar-refractivity contribution in [3.8, 4) is 0 Å². The van der Waals surface area contributed by atoms with Gasteiger partial charge in [0.1, 0.15) is 0 Å². The summed E-state index contributed by atoms with van der Waals surface area (Å²) in [6, 6.07) is 5.98. The molecule has 0 fully saturated rings. The van der Waals surface area contributed by atoms with Gasteiger partial charge in [-0.3, -0.25) is 0 Å². The molecule has 84 valence electrons. The van der Waals surface area contributed by atoms with E-state index in [0.717, 1.165) is 12.1 Å². The van der Waals surface area contributed by atoms with Gasteiger partial charge in [-0.1, -0.05) is 13.0 Å². The Morgan fingerprint density at radius 2 is 1.73 bits per heavy atom. The van der Waals surface area contributed by atoms with Crippen molar-refractivity contribution in [1.82, 2.24) is 0 Å². The van der Waals surface area contributed by atoms with Crippen LogP contribution in [0.5, 0.6) is 0 Å². The van der Waals surface area contributed by atoms with Gasteiger partial charge in [0, 0.05) is 39.9 Å². The molecule has 0 saturated heterocycles. The van der Waals surface area contributed by atoms with Crippen LogP contribution in [0.2, 0.25) is 0 Å². The van der Waals surface area contributed by atoms with E-state index >= 15 is 0 Å². The topological polar surface area (TPSA) is 31.6 Å². The van der Waals surface area contributed by atoms with Gasteiger partial charge in [-0.2, -0.15) is 0 Å². The summed E-state index contributed by atoms with van der Waals surface area (Å²) in [6.45, 7) is 2.09. The quantitative estimate of drug-likeness (QED) is 0.697. The fraction of sp³-hybridized carbons (Fsp3) is 0.500. The molecule has 4 nitrogen and oxygen atoms in total. The molecule has 0 amide bonds. The van der Waals surface area contributed by atoms with Crippen molar-refractivity contribution >= 4 is 8.97 Å². The predicted octanol–water partition coefficient (Wildman–Crippen LogP) is 0.759. The highest BCUT2D eigenvalue weighted by molar-refractivity contribution is 6.50. The zero-order chi connectivity index (χ0) is 11.3. The highest BCUT2D eigenvalue weighted by Crippen LogP contribution is 2.04. The van der Waals surface area contributed by atoms with Crippen molar-refractivity contribution in [3.63, 3.8) is 0 Å². The molecule has 0 atom stereocenters. The molecule has 0 aliphatic heterocycles. The third-order valence-corrected chi connectivity index (χ3v) is 4.95. The van der Waals surface area contributed by atoms with Crippen LogP contribution in [0.25, 0.3) is 0 Å². The van der Waals surface area contributed by atoms with E-state index in [-0.39, 0.29) is 0 Å². The summed E-state index contributed by atoms with van der Waals surface area (Å²) in [5.74, 6) is 0. The van der Waals surface area contributed by atoms with Crippen LogP contribution in [0, 0.1) is 0 Å². The molecule has 0 N–H and O–H groups in total. The fourth-order valence-electron chi connectivity index (χ4n) is 1.58. The average molecular weight is 228 g/mol. The third-order valence-electron chi connectivity index (χ3n) is 2.38. The van der Waals surface area contributed by atoms with Gasteiger partial charge in [0.2, 0.25) is 0 Å². The molecular weight excluding hydrogens is 210 g/mol. The number of hydrogen-bond acceptors (Lipinski definition) is 3. The van der Waals surface area contributed by atoms with Gasteiger partial charge in [-0.25, -0.2) is 4.23 Å². The van der Waals surface area contributed by atoms with E-state index in [1.54, 1.807) is 21.3 Å². The standard InChI is InChI=1S/C10H18NO3Si/c1-5-10-8-6-7-9-11(10)15(12-2,13-3)14-4/h6-9H,5H2,1-4H3/q+1. The molecule has 15 heavy (non-hydrogen) atoms. The normalized spacial score (nSPS) is 11.7. The minimum absolute atomic E-state index is 0.908. The monoisotopic (exact) mass is 228 g/mol. The summed E-state index contributed by atoms with van der Waals surface area (Å²) in [4.78, 5) is 0. The summed E-state index contributed by atoms with van der Waals surface area (Å²) in [5.41, 5.74) is 1.13. The van der Waals surface area contributed by atoms with Crippen molar-refractivity contribution < 1.29 is 17.5 Å². The highest BCUT2D eigenvalue weighted by Gasteiger charge is 2.57. The molecule has 1 rings (SSSR count). The molecule has 1 heterocycles. The molecule has 0 unspecified atom stereocenters. The second kappa shape index (κ2) is 5.36. The summed E-state index contributed by atoms with van der Waals surface area (Å²) in [7, 11) is 2.09. The first-order valence-corrected chi connectivity index (χ1v) is 6.56. The Morgan fingerprint density at radius 1 is 1.13 bits per heavy atom. The van der Waals surface area contributed by atoms with Gasteiger partial charge in [0.05, 0.1) is 0 Å². The molecule has 0 spiro atoms. The molecule has 0 saturated carbocycles. The Hall–Kier alpha value is -0.753. The zero-order valence-corrected chi connectivity index (χ0v) is 10.7. The Labute approximate surface area is 91.9 Å². The number of hydrogen-bond donors (Lipinski definition) is 0. The van der Waals surface area contributed by atoms with Crippen LogP contribution in [-0.4, -0.2) is 30.3 Å². The molecule has 5 heteroatoms. The van der Waals surface area contributed by atoms with Gasteiger partial charge in [0.15, 0.2) is 11.9 Å². The van der Waals surface area contributed by atoms with E-state index in [1.807, 2.05) is 28.6 Å². The number of pyridine rings is 1. The zero-order valence-electron chi connectivity index (χ0n) is 9.69. The van der Waals surface area contributed by atoms with E-state index in [0.29, 0.717) is 0 Å². The first-order valence-electron chi connectivity index (χ1n) is 4.89. The van der Waals surface area contributed by atoms with Crippen LogP contribution in [0.15, 0.2) is 24.4 Å². The van der Waals surface area contributed by atoms with Crippen molar-refractivity contribution in [2.24, 2.45) is 0 Å². The molecule has 0 radical (unpaired) electrons. The van der Waals surface area contributed by atoms with Crippen molar-refractivity contribution in [3.05, 3.63) is 30.1 Å². The summed E-state index contributed by atoms with van der Waals surface area (Å²) in [6.07, 6.45) is 2.84. The lowest BCUT2D eigenvalue weighted by atomic mass is 10.3. The maximum atomic E-state index is 5.42. The van der Waals surface area contributed by atoms with Crippen LogP contribution in [0.3, 0.4) is 0 Å². The Balaban J connectivity index is 3.21. The fourth-order valence-corrected chi connectivity index (χ4v) is 3.52. The SMILES string of the molecule is CCc1cccc[n+]1[Si](OC)(OC)OC. The van der Waals surface area contributed by atoms with Crippen molar-refractivity contribution in [1.29, 1.82) is 0 Å². The van der Waals surface area contributed by atoms with Gasteiger partial charge in [0.25, 0.3) is 0 Å². The van der Waals surface area contributed by atoms with Gasteiger partial charge < -0.3 is 13.3 Å². The van der Waals surface area contributed by atoms with Crippen molar-refractivity contribution in [2.45, 2.75) is 13.3 Å². The van der Waals surface area contributed by atoms with E-state index in [2.05, 4.69) is 6.92 Å². The largest absolute Gasteiger partial charge is 0.871 e. The minimum atomic E-state index is -2.74. The first-order chi connectivity index (χ1) is 7.24. The predicted molar refractivity (Wildman–Crippen MR) is 58.2 cm³/mol. The van der Waals surface area contributed by atoms with E-state index in [1.165, 1.54) is 0 Å². The molecular formula is C10H18NO3Si+. The second-order valence-corrected chi connectivity index (χ2v) is 5.81. The Bertz CT molecular complexity index is 307. The Morgan fingerprint density at radius 3 is 2.20 bits per heavy atom. The lowest BCUT2D eigenvalue weighted by Gasteiger charge is -2.17. The summed E-state index contributed by atoms with van der Waals surface area (Å²) >= 11 is 0. The van der Waals surface area contributed by atoms with E-state index in [9.17, 15) is 0 Å². The summed E-state index contributed by atoms with van der Waals surface area (Å²) in [5, 5.41) is 0. The molecule has 0 aromatic carbocycles. The Kier molecular flexibility index (Phi) is 4.40. The van der Waals surface area contributed by atoms with Gasteiger partial charge in [-0.15, -0.1) is 0 Å². The van der Waals surface area contributed by atoms with Crippen LogP contribution in [0.4, 0.5) is 0 Å². The number of aromatic nitrogens is 1. The molecule has 0 aliphatic rings. The number of rotatable bonds is 5. The number of nitrogens with zero attached hydrogens (tertiary/aromatic N) is 1. The van der Waals surface area contributed by atoms with E-state index in [4.69, 9.17) is 13.3 Å². The first kappa shape index (κ1) is 12.3. The average Bonchev–Trinajstić information content (AvgIpc) is 2.33. The maximum absolute atomic E-state index is 5.42. The molecule has 1 aromatic heterocycles. The van der Waals surface area contributed by atoms with Crippen molar-refractivity contribution in [2.75, 3.05) is 21.3 Å². The van der Waals surface area contributed by atoms with Crippen LogP contribution < -0.4 is 4.23 Å².